The summed E-state index contributed by atoms with van der Waals surface area (Å²) in [6.07, 6.45) is 6.55. The van der Waals surface area contributed by atoms with Crippen LogP contribution in [0.15, 0.2) is 36.5 Å². The molecule has 7 heteroatoms. The molecular weight excluding hydrogens is 296 g/mol. The van der Waals surface area contributed by atoms with E-state index in [1.807, 2.05) is 12.2 Å². The first-order valence-electron chi connectivity index (χ1n) is 7.64. The van der Waals surface area contributed by atoms with Gasteiger partial charge in [-0.3, -0.25) is 19.8 Å². The Kier molecular flexibility index (Phi) is 3.14. The van der Waals surface area contributed by atoms with Crippen molar-refractivity contribution in [3.05, 3.63) is 36.5 Å². The van der Waals surface area contributed by atoms with Crippen LogP contribution >= 0.6 is 0 Å². The van der Waals surface area contributed by atoms with Gasteiger partial charge < -0.3 is 5.32 Å². The van der Waals surface area contributed by atoms with Crippen molar-refractivity contribution in [3.8, 4) is 0 Å². The number of rotatable bonds is 3. The zero-order valence-electron chi connectivity index (χ0n) is 12.3. The van der Waals surface area contributed by atoms with Gasteiger partial charge in [0.1, 0.15) is 12.5 Å². The Morgan fingerprint density at radius 1 is 1.17 bits per heavy atom. The monoisotopic (exact) mass is 312 g/mol. The minimum Gasteiger partial charge on any atom is -0.320 e. The van der Waals surface area contributed by atoms with Crippen LogP contribution in [0.3, 0.4) is 0 Å². The maximum absolute atomic E-state index is 12.4. The van der Waals surface area contributed by atoms with Crippen molar-refractivity contribution in [1.82, 2.24) is 15.2 Å². The molecule has 2 heterocycles. The number of carbonyl (C=O) groups is 3. The maximum atomic E-state index is 12.4. The van der Waals surface area contributed by atoms with Gasteiger partial charge in [-0.15, -0.1) is 0 Å². The van der Waals surface area contributed by atoms with Gasteiger partial charge in [-0.05, 0) is 30.4 Å². The minimum absolute atomic E-state index is 0.108. The summed E-state index contributed by atoms with van der Waals surface area (Å²) < 4.78 is 0. The Labute approximate surface area is 132 Å². The number of nitrogens with zero attached hydrogens (tertiary/aromatic N) is 2. The summed E-state index contributed by atoms with van der Waals surface area (Å²) in [6, 6.07) is 4.65. The quantitative estimate of drug-likeness (QED) is 0.642. The molecule has 0 unspecified atom stereocenters. The fourth-order valence-corrected chi connectivity index (χ4v) is 3.87. The molecule has 23 heavy (non-hydrogen) atoms. The molecule has 2 N–H and O–H groups in total. The number of urea groups is 1. The number of nitrogens with one attached hydrogen (secondary N) is 2. The first-order chi connectivity index (χ1) is 11.1. The van der Waals surface area contributed by atoms with Crippen molar-refractivity contribution in [2.75, 3.05) is 12.0 Å². The third-order valence-corrected chi connectivity index (χ3v) is 4.87. The number of hydrogen-bond donors (Lipinski definition) is 2. The highest BCUT2D eigenvalue weighted by Gasteiger charge is 2.59. The summed E-state index contributed by atoms with van der Waals surface area (Å²) in [4.78, 5) is 41.9. The maximum Gasteiger partial charge on any atom is 0.321 e. The highest BCUT2D eigenvalue weighted by molar-refractivity contribution is 6.06. The lowest BCUT2D eigenvalue weighted by molar-refractivity contribution is -0.140. The summed E-state index contributed by atoms with van der Waals surface area (Å²) in [7, 11) is 0. The van der Waals surface area contributed by atoms with E-state index in [-0.39, 0.29) is 42.2 Å². The number of aromatic nitrogens is 1. The van der Waals surface area contributed by atoms with E-state index in [0.29, 0.717) is 5.82 Å². The average Bonchev–Trinajstić information content (AvgIpc) is 3.22. The van der Waals surface area contributed by atoms with Crippen LogP contribution in [-0.4, -0.2) is 34.4 Å². The molecule has 1 aromatic heterocycles. The molecule has 2 fully saturated rings. The van der Waals surface area contributed by atoms with Gasteiger partial charge in [-0.2, -0.15) is 0 Å². The Morgan fingerprint density at radius 2 is 1.87 bits per heavy atom. The number of pyridine rings is 1. The number of hydrogen-bond acceptors (Lipinski definition) is 4. The molecule has 0 spiro atoms. The van der Waals surface area contributed by atoms with Crippen LogP contribution in [0, 0.1) is 23.7 Å². The van der Waals surface area contributed by atoms with Gasteiger partial charge in [-0.1, -0.05) is 18.2 Å². The number of anilines is 1. The number of allylic oxidation sites excluding steroid dienone is 2. The van der Waals surface area contributed by atoms with Gasteiger partial charge in [0.2, 0.25) is 11.8 Å². The van der Waals surface area contributed by atoms with Gasteiger partial charge in [0, 0.05) is 6.20 Å². The van der Waals surface area contributed by atoms with E-state index in [4.69, 9.17) is 0 Å². The van der Waals surface area contributed by atoms with E-state index in [2.05, 4.69) is 15.6 Å². The number of fused-ring (bicyclic) bond motifs is 5. The molecule has 4 amide bonds. The molecule has 1 saturated carbocycles. The van der Waals surface area contributed by atoms with Gasteiger partial charge in [0.15, 0.2) is 0 Å². The Morgan fingerprint density at radius 3 is 2.48 bits per heavy atom. The normalized spacial score (nSPS) is 30.7. The van der Waals surface area contributed by atoms with Crippen molar-refractivity contribution in [2.45, 2.75) is 6.42 Å². The third kappa shape index (κ3) is 2.19. The molecule has 4 atom stereocenters. The molecule has 2 aliphatic carbocycles. The molecule has 1 aliphatic heterocycles. The fraction of sp³-hybridized carbons (Fsp3) is 0.375. The number of amides is 4. The largest absolute Gasteiger partial charge is 0.321 e. The molecule has 0 aromatic carbocycles. The minimum atomic E-state index is -0.498. The second-order valence-electron chi connectivity index (χ2n) is 6.11. The topological polar surface area (TPSA) is 91.4 Å². The van der Waals surface area contributed by atoms with Crippen LogP contribution in [0.2, 0.25) is 0 Å². The number of likely N-dealkylation sites (tertiary alicyclic amines) is 1. The second kappa shape index (κ2) is 5.19. The van der Waals surface area contributed by atoms with E-state index in [9.17, 15) is 14.4 Å². The smallest absolute Gasteiger partial charge is 0.320 e. The van der Waals surface area contributed by atoms with E-state index in [0.717, 1.165) is 6.42 Å². The van der Waals surface area contributed by atoms with Crippen LogP contribution < -0.4 is 10.6 Å². The van der Waals surface area contributed by atoms with Crippen LogP contribution in [-0.2, 0) is 9.59 Å². The van der Waals surface area contributed by atoms with Crippen molar-refractivity contribution in [1.29, 1.82) is 0 Å². The zero-order chi connectivity index (χ0) is 16.0. The summed E-state index contributed by atoms with van der Waals surface area (Å²) in [5.41, 5.74) is 0. The number of carbonyl (C=O) groups excluding carboxylic acids is 3. The first-order valence-corrected chi connectivity index (χ1v) is 7.64. The Bertz CT molecular complexity index is 673. The third-order valence-electron chi connectivity index (χ3n) is 4.87. The molecule has 7 nitrogen and oxygen atoms in total. The van der Waals surface area contributed by atoms with E-state index in [1.54, 1.807) is 24.4 Å². The molecule has 0 radical (unpaired) electrons. The predicted molar refractivity (Wildman–Crippen MR) is 80.8 cm³/mol. The van der Waals surface area contributed by atoms with E-state index < -0.39 is 6.03 Å². The lowest BCUT2D eigenvalue weighted by atomic mass is 9.85. The SMILES string of the molecule is O=C(NCN1C(=O)[C@@H]2[C@@H](C1=O)[C@H]1C=C[C@H]2C1)Nc1ccccn1. The van der Waals surface area contributed by atoms with Crippen molar-refractivity contribution >= 4 is 23.7 Å². The zero-order valence-corrected chi connectivity index (χ0v) is 12.3. The van der Waals surface area contributed by atoms with Crippen molar-refractivity contribution in [2.24, 2.45) is 23.7 Å². The lowest BCUT2D eigenvalue weighted by Gasteiger charge is -2.17. The van der Waals surface area contributed by atoms with E-state index >= 15 is 0 Å². The second-order valence-corrected chi connectivity index (χ2v) is 6.11. The standard InChI is InChI=1S/C16H16N4O3/c21-14-12-9-4-5-10(7-9)13(12)15(22)20(14)8-18-16(23)19-11-3-1-2-6-17-11/h1-6,9-10,12-13H,7-8H2,(H2,17,18,19,23)/t9-,10-,12-,13-/m0/s1. The summed E-state index contributed by atoms with van der Waals surface area (Å²) in [5, 5.41) is 5.10. The van der Waals surface area contributed by atoms with Gasteiger partial charge in [0.25, 0.3) is 0 Å². The summed E-state index contributed by atoms with van der Waals surface area (Å²) >= 11 is 0. The van der Waals surface area contributed by atoms with Gasteiger partial charge in [0.05, 0.1) is 11.8 Å². The Balaban J connectivity index is 1.38. The van der Waals surface area contributed by atoms with Crippen molar-refractivity contribution < 1.29 is 14.4 Å². The molecule has 2 bridgehead atoms. The molecule has 4 rings (SSSR count). The molecule has 118 valence electrons. The highest BCUT2D eigenvalue weighted by atomic mass is 16.2. The molecule has 3 aliphatic rings. The Hall–Kier alpha value is -2.70. The fourth-order valence-electron chi connectivity index (χ4n) is 3.87. The van der Waals surface area contributed by atoms with E-state index in [1.165, 1.54) is 4.90 Å². The molecule has 1 saturated heterocycles. The molecule has 1 aromatic rings. The van der Waals surface area contributed by atoms with Crippen molar-refractivity contribution in [3.63, 3.8) is 0 Å². The van der Waals surface area contributed by atoms with Crippen LogP contribution in [0.25, 0.3) is 0 Å². The average molecular weight is 312 g/mol. The molecular formula is C16H16N4O3. The highest BCUT2D eigenvalue weighted by Crippen LogP contribution is 2.52. The van der Waals surface area contributed by atoms with Gasteiger partial charge >= 0.3 is 6.03 Å². The lowest BCUT2D eigenvalue weighted by Crippen LogP contribution is -2.43. The predicted octanol–water partition coefficient (Wildman–Crippen LogP) is 0.968. The summed E-state index contributed by atoms with van der Waals surface area (Å²) in [6.45, 7) is -0.108. The number of imide groups is 1. The van der Waals surface area contributed by atoms with Crippen LogP contribution in [0.1, 0.15) is 6.42 Å². The van der Waals surface area contributed by atoms with Crippen LogP contribution in [0.5, 0.6) is 0 Å². The summed E-state index contributed by atoms with van der Waals surface area (Å²) in [5.74, 6) is -0.0629. The van der Waals surface area contributed by atoms with Crippen LogP contribution in [0.4, 0.5) is 10.6 Å². The first kappa shape index (κ1) is 13.9. The van der Waals surface area contributed by atoms with Gasteiger partial charge in [-0.25, -0.2) is 9.78 Å².